The topological polar surface area (TPSA) is 33.3 Å². The Hall–Kier alpha value is -0.690. The van der Waals surface area contributed by atoms with Gasteiger partial charge in [0, 0.05) is 27.1 Å². The van der Waals surface area contributed by atoms with Gasteiger partial charge in [0.05, 0.1) is 11.6 Å². The number of halogens is 2. The molecule has 2 rings (SSSR count). The summed E-state index contributed by atoms with van der Waals surface area (Å²) in [5.74, 6) is 0.829. The van der Waals surface area contributed by atoms with E-state index in [1.165, 1.54) is 12.8 Å². The molecule has 1 unspecified atom stereocenters. The molecule has 0 aliphatic heterocycles. The highest BCUT2D eigenvalue weighted by Crippen LogP contribution is 2.36. The minimum Gasteiger partial charge on any atom is -0.496 e. The van der Waals surface area contributed by atoms with Crippen molar-refractivity contribution in [1.82, 2.24) is 4.72 Å². The maximum absolute atomic E-state index is 5.42. The highest BCUT2D eigenvalue weighted by molar-refractivity contribution is 9.11. The summed E-state index contributed by atoms with van der Waals surface area (Å²) < 4.78 is 11.1. The van der Waals surface area contributed by atoms with E-state index in [9.17, 15) is 0 Å². The van der Waals surface area contributed by atoms with Crippen molar-refractivity contribution in [3.8, 4) is 5.75 Å². The Balaban J connectivity index is 2.07. The summed E-state index contributed by atoms with van der Waals surface area (Å²) in [4.78, 5) is 1.10. The smallest absolute Gasteiger partial charge is 0.134 e. The molecule has 0 amide bonds. The van der Waals surface area contributed by atoms with Crippen LogP contribution in [0.1, 0.15) is 33.1 Å². The molecule has 0 aliphatic carbocycles. The van der Waals surface area contributed by atoms with Crippen molar-refractivity contribution in [3.05, 3.63) is 51.4 Å². The summed E-state index contributed by atoms with van der Waals surface area (Å²) in [6.07, 6.45) is 3.47. The highest BCUT2D eigenvalue weighted by atomic mass is 79.9. The fourth-order valence-corrected chi connectivity index (χ4v) is 4.77. The standard InChI is InChI=1S/C20H26Br2N2OS/c1-4-5-11-20(2,14-23-15-9-7-6-8-10-15)24-26-19-13-18(25-3)16(21)12-17(19)22/h6-10,12-13,23-24H,4-5,11,14H2,1-3H3. The van der Waals surface area contributed by atoms with Crippen LogP contribution >= 0.6 is 43.8 Å². The summed E-state index contributed by atoms with van der Waals surface area (Å²) >= 11 is 8.81. The zero-order valence-electron chi connectivity index (χ0n) is 15.4. The fraction of sp³-hybridized carbons (Fsp3) is 0.400. The quantitative estimate of drug-likeness (QED) is 0.347. The molecular weight excluding hydrogens is 476 g/mol. The van der Waals surface area contributed by atoms with E-state index in [-0.39, 0.29) is 5.54 Å². The van der Waals surface area contributed by atoms with Gasteiger partial charge in [0.1, 0.15) is 5.75 Å². The van der Waals surface area contributed by atoms with Gasteiger partial charge in [-0.05, 0) is 81.4 Å². The Morgan fingerprint density at radius 3 is 2.50 bits per heavy atom. The zero-order chi connectivity index (χ0) is 19.0. The van der Waals surface area contributed by atoms with Crippen LogP contribution in [0.25, 0.3) is 0 Å². The van der Waals surface area contributed by atoms with Crippen LogP contribution < -0.4 is 14.8 Å². The van der Waals surface area contributed by atoms with Gasteiger partial charge in [-0.25, -0.2) is 0 Å². The van der Waals surface area contributed by atoms with Gasteiger partial charge < -0.3 is 10.1 Å². The first-order valence-electron chi connectivity index (χ1n) is 8.73. The molecule has 2 N–H and O–H groups in total. The van der Waals surface area contributed by atoms with Crippen molar-refractivity contribution >= 4 is 49.5 Å². The Labute approximate surface area is 178 Å². The van der Waals surface area contributed by atoms with Gasteiger partial charge >= 0.3 is 0 Å². The van der Waals surface area contributed by atoms with E-state index in [1.54, 1.807) is 19.1 Å². The summed E-state index contributed by atoms with van der Waals surface area (Å²) in [5.41, 5.74) is 1.12. The van der Waals surface area contributed by atoms with Crippen LogP contribution in [0, 0.1) is 0 Å². The molecule has 0 fully saturated rings. The molecule has 0 saturated heterocycles. The van der Waals surface area contributed by atoms with Crippen LogP contribution in [0.4, 0.5) is 5.69 Å². The van der Waals surface area contributed by atoms with E-state index < -0.39 is 0 Å². The number of hydrogen-bond donors (Lipinski definition) is 2. The number of rotatable bonds is 10. The molecule has 0 aromatic heterocycles. The SMILES string of the molecule is CCCCC(C)(CNc1ccccc1)NSc1cc(OC)c(Br)cc1Br. The normalized spacial score (nSPS) is 13.3. The van der Waals surface area contributed by atoms with Gasteiger partial charge in [0.2, 0.25) is 0 Å². The molecule has 0 saturated carbocycles. The predicted molar refractivity (Wildman–Crippen MR) is 120 cm³/mol. The van der Waals surface area contributed by atoms with Gasteiger partial charge in [0.25, 0.3) is 0 Å². The fourth-order valence-electron chi connectivity index (χ4n) is 2.52. The van der Waals surface area contributed by atoms with E-state index in [2.05, 4.69) is 80.0 Å². The average molecular weight is 502 g/mol. The lowest BCUT2D eigenvalue weighted by molar-refractivity contribution is 0.406. The molecule has 0 bridgehead atoms. The number of benzene rings is 2. The van der Waals surface area contributed by atoms with Crippen LogP contribution in [0.3, 0.4) is 0 Å². The van der Waals surface area contributed by atoms with Crippen molar-refractivity contribution in [3.63, 3.8) is 0 Å². The molecule has 2 aromatic carbocycles. The maximum atomic E-state index is 5.42. The molecule has 2 aromatic rings. The van der Waals surface area contributed by atoms with Crippen molar-refractivity contribution in [2.24, 2.45) is 0 Å². The largest absolute Gasteiger partial charge is 0.496 e. The van der Waals surface area contributed by atoms with Crippen LogP contribution in [-0.2, 0) is 0 Å². The van der Waals surface area contributed by atoms with E-state index in [0.29, 0.717) is 0 Å². The monoisotopic (exact) mass is 500 g/mol. The van der Waals surface area contributed by atoms with E-state index in [1.807, 2.05) is 18.2 Å². The third kappa shape index (κ3) is 6.48. The first-order chi connectivity index (χ1) is 12.5. The highest BCUT2D eigenvalue weighted by Gasteiger charge is 2.24. The summed E-state index contributed by atoms with van der Waals surface area (Å²) in [5, 5.41) is 3.56. The summed E-state index contributed by atoms with van der Waals surface area (Å²) in [6, 6.07) is 14.4. The first-order valence-corrected chi connectivity index (χ1v) is 11.1. The van der Waals surface area contributed by atoms with Gasteiger partial charge in [-0.15, -0.1) is 0 Å². The number of anilines is 1. The number of unbranched alkanes of at least 4 members (excludes halogenated alkanes) is 1. The molecular formula is C20H26Br2N2OS. The number of hydrogen-bond acceptors (Lipinski definition) is 4. The van der Waals surface area contributed by atoms with Gasteiger partial charge in [-0.1, -0.05) is 38.0 Å². The van der Waals surface area contributed by atoms with E-state index in [0.717, 1.165) is 38.2 Å². The number of ether oxygens (including phenoxy) is 1. The minimum atomic E-state index is -0.0315. The molecule has 142 valence electrons. The van der Waals surface area contributed by atoms with Gasteiger partial charge in [-0.2, -0.15) is 0 Å². The van der Waals surface area contributed by atoms with E-state index >= 15 is 0 Å². The van der Waals surface area contributed by atoms with Crippen LogP contribution in [-0.4, -0.2) is 19.2 Å². The lowest BCUT2D eigenvalue weighted by atomic mass is 9.96. The second-order valence-electron chi connectivity index (χ2n) is 6.51. The molecule has 0 spiro atoms. The molecule has 6 heteroatoms. The maximum Gasteiger partial charge on any atom is 0.134 e. The second kappa shape index (κ2) is 10.6. The molecule has 0 radical (unpaired) electrons. The van der Waals surface area contributed by atoms with Crippen molar-refractivity contribution in [2.45, 2.75) is 43.5 Å². The molecule has 0 heterocycles. The molecule has 1 atom stereocenters. The second-order valence-corrected chi connectivity index (χ2v) is 9.06. The third-order valence-corrected chi connectivity index (χ3v) is 6.84. The number of para-hydroxylation sites is 1. The summed E-state index contributed by atoms with van der Waals surface area (Å²) in [6.45, 7) is 5.36. The van der Waals surface area contributed by atoms with Crippen molar-refractivity contribution in [2.75, 3.05) is 19.0 Å². The van der Waals surface area contributed by atoms with Crippen molar-refractivity contribution in [1.29, 1.82) is 0 Å². The Morgan fingerprint density at radius 2 is 1.85 bits per heavy atom. The van der Waals surface area contributed by atoms with Crippen LogP contribution in [0.5, 0.6) is 5.75 Å². The van der Waals surface area contributed by atoms with Crippen molar-refractivity contribution < 1.29 is 4.74 Å². The Morgan fingerprint density at radius 1 is 1.12 bits per heavy atom. The van der Waals surface area contributed by atoms with Crippen LogP contribution in [0.2, 0.25) is 0 Å². The summed E-state index contributed by atoms with van der Waals surface area (Å²) in [7, 11) is 1.69. The van der Waals surface area contributed by atoms with Gasteiger partial charge in [0.15, 0.2) is 0 Å². The number of methoxy groups -OCH3 is 1. The zero-order valence-corrected chi connectivity index (χ0v) is 19.4. The lowest BCUT2D eigenvalue weighted by Crippen LogP contribution is -2.44. The average Bonchev–Trinajstić information content (AvgIpc) is 2.65. The lowest BCUT2D eigenvalue weighted by Gasteiger charge is -2.31. The molecule has 0 aliphatic rings. The predicted octanol–water partition coefficient (Wildman–Crippen LogP) is 6.88. The van der Waals surface area contributed by atoms with Crippen LogP contribution in [0.15, 0.2) is 56.3 Å². The Kier molecular flexibility index (Phi) is 8.80. The Bertz CT molecular complexity index is 700. The van der Waals surface area contributed by atoms with E-state index in [4.69, 9.17) is 4.74 Å². The minimum absolute atomic E-state index is 0.0315. The molecule has 26 heavy (non-hydrogen) atoms. The first kappa shape index (κ1) is 21.6. The number of nitrogens with one attached hydrogen (secondary N) is 2. The van der Waals surface area contributed by atoms with Gasteiger partial charge in [-0.3, -0.25) is 4.72 Å². The molecule has 3 nitrogen and oxygen atoms in total. The third-order valence-electron chi connectivity index (χ3n) is 4.15.